The summed E-state index contributed by atoms with van der Waals surface area (Å²) in [6, 6.07) is 0. The van der Waals surface area contributed by atoms with E-state index < -0.39 is 0 Å². The number of nitrogens with zero attached hydrogens (tertiary/aromatic N) is 3. The maximum absolute atomic E-state index is 12.6. The van der Waals surface area contributed by atoms with Crippen LogP contribution >= 0.6 is 0 Å². The number of carbonyl (C=O) groups excluding carboxylic acids is 1. The Morgan fingerprint density at radius 3 is 2.84 bits per heavy atom. The molecular formula is C19H28N4O2. The van der Waals surface area contributed by atoms with Gasteiger partial charge in [-0.05, 0) is 38.0 Å². The molecule has 2 aromatic rings. The third-order valence-corrected chi connectivity index (χ3v) is 5.42. The molecule has 1 aliphatic rings. The summed E-state index contributed by atoms with van der Waals surface area (Å²) in [6.45, 7) is 12.1. The predicted octanol–water partition coefficient (Wildman–Crippen LogP) is 3.28. The van der Waals surface area contributed by atoms with Crippen molar-refractivity contribution in [3.05, 3.63) is 34.5 Å². The lowest BCUT2D eigenvalue weighted by molar-refractivity contribution is 0.0940. The zero-order valence-corrected chi connectivity index (χ0v) is 15.8. The molecule has 1 atom stereocenters. The molecule has 25 heavy (non-hydrogen) atoms. The highest BCUT2D eigenvalue weighted by atomic mass is 16.5. The molecule has 0 saturated carbocycles. The van der Waals surface area contributed by atoms with E-state index in [1.54, 1.807) is 0 Å². The van der Waals surface area contributed by atoms with E-state index in [9.17, 15) is 4.79 Å². The van der Waals surface area contributed by atoms with Crippen LogP contribution < -0.4 is 5.32 Å². The Hall–Kier alpha value is -2.11. The summed E-state index contributed by atoms with van der Waals surface area (Å²) in [4.78, 5) is 12.6. The summed E-state index contributed by atoms with van der Waals surface area (Å²) in [7, 11) is 0. The van der Waals surface area contributed by atoms with Crippen LogP contribution in [0.25, 0.3) is 0 Å². The molecule has 0 aliphatic heterocycles. The van der Waals surface area contributed by atoms with Crippen molar-refractivity contribution in [3.63, 3.8) is 0 Å². The van der Waals surface area contributed by atoms with Crippen molar-refractivity contribution < 1.29 is 9.32 Å². The van der Waals surface area contributed by atoms with E-state index in [1.165, 1.54) is 0 Å². The van der Waals surface area contributed by atoms with E-state index in [0.29, 0.717) is 18.2 Å². The third kappa shape index (κ3) is 3.48. The fraction of sp³-hybridized carbons (Fsp3) is 0.632. The summed E-state index contributed by atoms with van der Waals surface area (Å²) in [5.74, 6) is 1.25. The molecule has 0 radical (unpaired) electrons. The van der Waals surface area contributed by atoms with Crippen LogP contribution in [0, 0.1) is 18.3 Å². The van der Waals surface area contributed by atoms with Crippen molar-refractivity contribution in [2.24, 2.45) is 11.3 Å². The minimum Gasteiger partial charge on any atom is -0.360 e. The minimum atomic E-state index is -0.164. The lowest BCUT2D eigenvalue weighted by atomic mass is 9.71. The molecule has 1 aliphatic carbocycles. The number of amides is 1. The molecule has 0 spiro atoms. The first kappa shape index (κ1) is 17.7. The maximum atomic E-state index is 12.6. The lowest BCUT2D eigenvalue weighted by Crippen LogP contribution is -2.29. The smallest absolute Gasteiger partial charge is 0.274 e. The number of carbonyl (C=O) groups is 1. The number of nitrogens with one attached hydrogen (secondary N) is 1. The van der Waals surface area contributed by atoms with E-state index in [-0.39, 0.29) is 11.3 Å². The van der Waals surface area contributed by atoms with Gasteiger partial charge in [-0.2, -0.15) is 5.10 Å². The quantitative estimate of drug-likeness (QED) is 0.924. The number of hydrogen-bond acceptors (Lipinski definition) is 4. The van der Waals surface area contributed by atoms with Gasteiger partial charge in [-0.25, -0.2) is 0 Å². The van der Waals surface area contributed by atoms with Crippen LogP contribution in [0.3, 0.4) is 0 Å². The highest BCUT2D eigenvalue weighted by Gasteiger charge is 2.34. The Morgan fingerprint density at radius 2 is 2.20 bits per heavy atom. The molecule has 1 unspecified atom stereocenters. The van der Waals surface area contributed by atoms with Gasteiger partial charge in [0, 0.05) is 36.3 Å². The molecule has 3 rings (SSSR count). The van der Waals surface area contributed by atoms with E-state index in [4.69, 9.17) is 4.52 Å². The second-order valence-corrected chi connectivity index (χ2v) is 7.99. The normalized spacial score (nSPS) is 17.4. The van der Waals surface area contributed by atoms with Gasteiger partial charge < -0.3 is 9.84 Å². The molecule has 6 nitrogen and oxygen atoms in total. The van der Waals surface area contributed by atoms with Crippen molar-refractivity contribution in [1.29, 1.82) is 0 Å². The Labute approximate surface area is 149 Å². The molecule has 0 saturated heterocycles. The zero-order valence-electron chi connectivity index (χ0n) is 15.8. The van der Waals surface area contributed by atoms with E-state index in [0.717, 1.165) is 48.4 Å². The summed E-state index contributed by atoms with van der Waals surface area (Å²) in [5, 5.41) is 11.3. The van der Waals surface area contributed by atoms with Crippen molar-refractivity contribution >= 4 is 5.91 Å². The Morgan fingerprint density at radius 1 is 1.44 bits per heavy atom. The Balaban J connectivity index is 1.72. The fourth-order valence-corrected chi connectivity index (χ4v) is 3.56. The van der Waals surface area contributed by atoms with Crippen LogP contribution in [0.2, 0.25) is 0 Å². The van der Waals surface area contributed by atoms with Crippen LogP contribution in [0.5, 0.6) is 0 Å². The minimum absolute atomic E-state index is 0.164. The van der Waals surface area contributed by atoms with E-state index in [2.05, 4.69) is 43.3 Å². The van der Waals surface area contributed by atoms with Gasteiger partial charge in [0.15, 0.2) is 5.69 Å². The molecule has 136 valence electrons. The summed E-state index contributed by atoms with van der Waals surface area (Å²) < 4.78 is 7.36. The van der Waals surface area contributed by atoms with Crippen molar-refractivity contribution in [1.82, 2.24) is 20.3 Å². The number of hydrogen-bond donors (Lipinski definition) is 1. The monoisotopic (exact) mass is 344 g/mol. The summed E-state index contributed by atoms with van der Waals surface area (Å²) in [6.07, 6.45) is 4.62. The first-order chi connectivity index (χ1) is 11.8. The SMILES string of the molecule is CCn1ncc(CNC(=O)c2noc3c2CC(C(C)(C)C)CC3)c1C. The first-order valence-corrected chi connectivity index (χ1v) is 9.08. The topological polar surface area (TPSA) is 73.0 Å². The lowest BCUT2D eigenvalue weighted by Gasteiger charge is -2.33. The average molecular weight is 344 g/mol. The highest BCUT2D eigenvalue weighted by molar-refractivity contribution is 5.93. The average Bonchev–Trinajstić information content (AvgIpc) is 3.14. The summed E-state index contributed by atoms with van der Waals surface area (Å²) >= 11 is 0. The second kappa shape index (κ2) is 6.65. The molecule has 6 heteroatoms. The van der Waals surface area contributed by atoms with Gasteiger partial charge in [-0.3, -0.25) is 9.48 Å². The van der Waals surface area contributed by atoms with Crippen molar-refractivity contribution in [3.8, 4) is 0 Å². The first-order valence-electron chi connectivity index (χ1n) is 9.08. The fourth-order valence-electron chi connectivity index (χ4n) is 3.56. The van der Waals surface area contributed by atoms with Crippen molar-refractivity contribution in [2.45, 2.75) is 67.0 Å². The Kier molecular flexibility index (Phi) is 4.71. The van der Waals surface area contributed by atoms with E-state index >= 15 is 0 Å². The van der Waals surface area contributed by atoms with Gasteiger partial charge in [0.05, 0.1) is 6.20 Å². The van der Waals surface area contributed by atoms with Crippen LogP contribution in [-0.4, -0.2) is 20.8 Å². The number of aromatic nitrogens is 3. The van der Waals surface area contributed by atoms with Crippen LogP contribution in [0.1, 0.15) is 67.2 Å². The Bertz CT molecular complexity index is 767. The largest absolute Gasteiger partial charge is 0.360 e. The molecule has 0 fully saturated rings. The molecule has 2 heterocycles. The van der Waals surface area contributed by atoms with Gasteiger partial charge in [0.1, 0.15) is 5.76 Å². The molecule has 1 N–H and O–H groups in total. The third-order valence-electron chi connectivity index (χ3n) is 5.42. The molecule has 2 aromatic heterocycles. The van der Waals surface area contributed by atoms with Crippen LogP contribution in [0.4, 0.5) is 0 Å². The van der Waals surface area contributed by atoms with Gasteiger partial charge in [0.25, 0.3) is 5.91 Å². The van der Waals surface area contributed by atoms with E-state index in [1.807, 2.05) is 17.8 Å². The molecular weight excluding hydrogens is 316 g/mol. The standard InChI is InChI=1S/C19H28N4O2/c1-6-23-12(2)13(11-21-23)10-20-18(24)17-15-9-14(19(3,4)5)7-8-16(15)25-22-17/h11,14H,6-10H2,1-5H3,(H,20,24). The molecule has 0 aromatic carbocycles. The van der Waals surface area contributed by atoms with Crippen LogP contribution in [-0.2, 0) is 25.9 Å². The van der Waals surface area contributed by atoms with Gasteiger partial charge in [-0.15, -0.1) is 0 Å². The zero-order chi connectivity index (χ0) is 18.2. The maximum Gasteiger partial charge on any atom is 0.274 e. The second-order valence-electron chi connectivity index (χ2n) is 7.99. The highest BCUT2D eigenvalue weighted by Crippen LogP contribution is 2.38. The summed E-state index contributed by atoms with van der Waals surface area (Å²) in [5.41, 5.74) is 3.77. The van der Waals surface area contributed by atoms with Gasteiger partial charge >= 0.3 is 0 Å². The number of fused-ring (bicyclic) bond motifs is 1. The predicted molar refractivity (Wildman–Crippen MR) is 95.3 cm³/mol. The van der Waals surface area contributed by atoms with Crippen LogP contribution in [0.15, 0.2) is 10.7 Å². The van der Waals surface area contributed by atoms with Crippen molar-refractivity contribution in [2.75, 3.05) is 0 Å². The number of rotatable bonds is 4. The molecule has 1 amide bonds. The van der Waals surface area contributed by atoms with Gasteiger partial charge in [0.2, 0.25) is 0 Å². The van der Waals surface area contributed by atoms with Gasteiger partial charge in [-0.1, -0.05) is 25.9 Å². The molecule has 0 bridgehead atoms. The number of aryl methyl sites for hydroxylation is 2.